The first-order valence-corrected chi connectivity index (χ1v) is 9.29. The fraction of sp³-hybridized carbons (Fsp3) is 0.478. The quantitative estimate of drug-likeness (QED) is 0.737. The van der Waals surface area contributed by atoms with Crippen LogP contribution in [0.5, 0.6) is 11.5 Å². The molecule has 2 rings (SSSR count). The number of benzene rings is 2. The van der Waals surface area contributed by atoms with Crippen molar-refractivity contribution in [2.24, 2.45) is 0 Å². The van der Waals surface area contributed by atoms with Crippen LogP contribution in [0.1, 0.15) is 55.4 Å². The van der Waals surface area contributed by atoms with Crippen LogP contribution in [-0.2, 0) is 0 Å². The third-order valence-corrected chi connectivity index (χ3v) is 4.61. The Morgan fingerprint density at radius 1 is 0.846 bits per heavy atom. The lowest BCUT2D eigenvalue weighted by molar-refractivity contribution is 0.388. The second kappa shape index (κ2) is 8.59. The van der Waals surface area contributed by atoms with Gasteiger partial charge in [-0.15, -0.1) is 0 Å². The SMILES string of the molecule is COc1ccc(C)cc1C(CCNC(C)(C)C)c1cc(C)ccc1OC. The second-order valence-corrected chi connectivity index (χ2v) is 8.01. The van der Waals surface area contributed by atoms with E-state index in [4.69, 9.17) is 9.47 Å². The Morgan fingerprint density at radius 2 is 1.31 bits per heavy atom. The van der Waals surface area contributed by atoms with Gasteiger partial charge >= 0.3 is 0 Å². The third-order valence-electron chi connectivity index (χ3n) is 4.61. The Bertz CT molecular complexity index is 678. The largest absolute Gasteiger partial charge is 0.496 e. The minimum atomic E-state index is 0.0952. The molecule has 0 aliphatic heterocycles. The molecule has 0 spiro atoms. The third kappa shape index (κ3) is 5.25. The van der Waals surface area contributed by atoms with Gasteiger partial charge in [0.25, 0.3) is 0 Å². The lowest BCUT2D eigenvalue weighted by atomic mass is 9.85. The van der Waals surface area contributed by atoms with E-state index in [2.05, 4.69) is 76.3 Å². The summed E-state index contributed by atoms with van der Waals surface area (Å²) in [5.74, 6) is 2.06. The standard InChI is InChI=1S/C23H33NO2/c1-16-8-10-21(25-6)19(14-16)18(12-13-24-23(3,4)5)20-15-17(2)9-11-22(20)26-7/h8-11,14-15,18,24H,12-13H2,1-7H3. The Kier molecular flexibility index (Phi) is 6.71. The fourth-order valence-electron chi connectivity index (χ4n) is 3.32. The van der Waals surface area contributed by atoms with Gasteiger partial charge in [0.1, 0.15) is 11.5 Å². The van der Waals surface area contributed by atoms with Gasteiger partial charge in [-0.1, -0.05) is 35.4 Å². The summed E-state index contributed by atoms with van der Waals surface area (Å²) in [6, 6.07) is 12.8. The topological polar surface area (TPSA) is 30.5 Å². The molecule has 0 fully saturated rings. The maximum Gasteiger partial charge on any atom is 0.122 e. The van der Waals surface area contributed by atoms with Crippen molar-refractivity contribution >= 4 is 0 Å². The smallest absolute Gasteiger partial charge is 0.122 e. The van der Waals surface area contributed by atoms with E-state index in [1.165, 1.54) is 22.3 Å². The molecule has 0 radical (unpaired) electrons. The molecule has 142 valence electrons. The van der Waals surface area contributed by atoms with Gasteiger partial charge in [-0.25, -0.2) is 0 Å². The van der Waals surface area contributed by atoms with Crippen molar-refractivity contribution in [2.45, 2.75) is 52.5 Å². The van der Waals surface area contributed by atoms with Gasteiger partial charge in [0, 0.05) is 22.6 Å². The van der Waals surface area contributed by atoms with Crippen LogP contribution in [0.4, 0.5) is 0 Å². The van der Waals surface area contributed by atoms with E-state index in [0.717, 1.165) is 24.5 Å². The van der Waals surface area contributed by atoms with E-state index in [-0.39, 0.29) is 11.5 Å². The number of hydrogen-bond donors (Lipinski definition) is 1. The van der Waals surface area contributed by atoms with E-state index in [0.29, 0.717) is 0 Å². The Labute approximate surface area is 158 Å². The van der Waals surface area contributed by atoms with E-state index in [9.17, 15) is 0 Å². The van der Waals surface area contributed by atoms with E-state index in [1.54, 1.807) is 14.2 Å². The number of nitrogens with one attached hydrogen (secondary N) is 1. The molecule has 2 aromatic carbocycles. The molecule has 0 aliphatic carbocycles. The highest BCUT2D eigenvalue weighted by Crippen LogP contribution is 2.39. The van der Waals surface area contributed by atoms with Crippen molar-refractivity contribution in [3.05, 3.63) is 58.7 Å². The predicted molar refractivity (Wildman–Crippen MR) is 110 cm³/mol. The molecule has 0 unspecified atom stereocenters. The summed E-state index contributed by atoms with van der Waals surface area (Å²) < 4.78 is 11.4. The summed E-state index contributed by atoms with van der Waals surface area (Å²) in [5, 5.41) is 3.61. The minimum Gasteiger partial charge on any atom is -0.496 e. The Hall–Kier alpha value is -2.00. The second-order valence-electron chi connectivity index (χ2n) is 8.01. The summed E-state index contributed by atoms with van der Waals surface area (Å²) in [5.41, 5.74) is 5.00. The molecule has 0 aromatic heterocycles. The molecule has 2 aromatic rings. The molecule has 0 aliphatic rings. The van der Waals surface area contributed by atoms with Crippen LogP contribution in [0, 0.1) is 13.8 Å². The molecular weight excluding hydrogens is 322 g/mol. The molecule has 1 N–H and O–H groups in total. The van der Waals surface area contributed by atoms with E-state index >= 15 is 0 Å². The highest BCUT2D eigenvalue weighted by atomic mass is 16.5. The summed E-state index contributed by atoms with van der Waals surface area (Å²) >= 11 is 0. The first-order chi connectivity index (χ1) is 12.2. The monoisotopic (exact) mass is 355 g/mol. The van der Waals surface area contributed by atoms with Crippen molar-refractivity contribution in [3.63, 3.8) is 0 Å². The average molecular weight is 356 g/mol. The van der Waals surface area contributed by atoms with Crippen molar-refractivity contribution in [3.8, 4) is 11.5 Å². The zero-order valence-electron chi connectivity index (χ0n) is 17.3. The molecular formula is C23H33NO2. The molecule has 0 saturated carbocycles. The Balaban J connectivity index is 2.49. The Morgan fingerprint density at radius 3 is 1.69 bits per heavy atom. The summed E-state index contributed by atoms with van der Waals surface area (Å²) in [7, 11) is 3.48. The first kappa shape index (κ1) is 20.3. The van der Waals surface area contributed by atoms with Crippen LogP contribution in [0.3, 0.4) is 0 Å². The van der Waals surface area contributed by atoms with Gasteiger partial charge in [0.2, 0.25) is 0 Å². The number of ether oxygens (including phenoxy) is 2. The molecule has 0 atom stereocenters. The predicted octanol–water partition coefficient (Wildman–Crippen LogP) is 5.23. The highest BCUT2D eigenvalue weighted by molar-refractivity contribution is 5.49. The van der Waals surface area contributed by atoms with Gasteiger partial charge in [0.15, 0.2) is 0 Å². The molecule has 0 amide bonds. The van der Waals surface area contributed by atoms with Gasteiger partial charge < -0.3 is 14.8 Å². The minimum absolute atomic E-state index is 0.0952. The number of rotatable bonds is 7. The zero-order chi connectivity index (χ0) is 19.3. The highest BCUT2D eigenvalue weighted by Gasteiger charge is 2.23. The average Bonchev–Trinajstić information content (AvgIpc) is 2.58. The molecule has 0 bridgehead atoms. The first-order valence-electron chi connectivity index (χ1n) is 9.29. The zero-order valence-corrected chi connectivity index (χ0v) is 17.3. The number of aryl methyl sites for hydroxylation is 2. The van der Waals surface area contributed by atoms with Crippen LogP contribution in [-0.4, -0.2) is 26.3 Å². The lowest BCUT2D eigenvalue weighted by Gasteiger charge is -2.26. The molecule has 3 nitrogen and oxygen atoms in total. The van der Waals surface area contributed by atoms with Crippen LogP contribution < -0.4 is 14.8 Å². The molecule has 26 heavy (non-hydrogen) atoms. The van der Waals surface area contributed by atoms with Crippen molar-refractivity contribution in [1.29, 1.82) is 0 Å². The fourth-order valence-corrected chi connectivity index (χ4v) is 3.32. The van der Waals surface area contributed by atoms with E-state index < -0.39 is 0 Å². The molecule has 0 saturated heterocycles. The van der Waals surface area contributed by atoms with E-state index in [1.807, 2.05) is 0 Å². The van der Waals surface area contributed by atoms with Crippen LogP contribution in [0.25, 0.3) is 0 Å². The summed E-state index contributed by atoms with van der Waals surface area (Å²) in [6.07, 6.45) is 0.969. The summed E-state index contributed by atoms with van der Waals surface area (Å²) in [6.45, 7) is 11.8. The van der Waals surface area contributed by atoms with Crippen LogP contribution >= 0.6 is 0 Å². The van der Waals surface area contributed by atoms with Crippen molar-refractivity contribution < 1.29 is 9.47 Å². The van der Waals surface area contributed by atoms with Crippen molar-refractivity contribution in [1.82, 2.24) is 5.32 Å². The van der Waals surface area contributed by atoms with Crippen LogP contribution in [0.2, 0.25) is 0 Å². The van der Waals surface area contributed by atoms with Gasteiger partial charge in [0.05, 0.1) is 14.2 Å². The van der Waals surface area contributed by atoms with Crippen molar-refractivity contribution in [2.75, 3.05) is 20.8 Å². The van der Waals surface area contributed by atoms with Gasteiger partial charge in [-0.05, 0) is 59.7 Å². The number of hydrogen-bond acceptors (Lipinski definition) is 3. The maximum absolute atomic E-state index is 5.69. The summed E-state index contributed by atoms with van der Waals surface area (Å²) in [4.78, 5) is 0. The van der Waals surface area contributed by atoms with Gasteiger partial charge in [-0.2, -0.15) is 0 Å². The normalized spacial score (nSPS) is 11.7. The molecule has 0 heterocycles. The van der Waals surface area contributed by atoms with Gasteiger partial charge in [-0.3, -0.25) is 0 Å². The lowest BCUT2D eigenvalue weighted by Crippen LogP contribution is -2.37. The molecule has 3 heteroatoms. The number of methoxy groups -OCH3 is 2. The maximum atomic E-state index is 5.69. The van der Waals surface area contributed by atoms with Crippen LogP contribution in [0.15, 0.2) is 36.4 Å².